The van der Waals surface area contributed by atoms with Crippen molar-refractivity contribution in [1.29, 1.82) is 0 Å². The summed E-state index contributed by atoms with van der Waals surface area (Å²) in [5.41, 5.74) is 0.420. The number of hydrogen-bond donors (Lipinski definition) is 2. The molecule has 0 radical (unpaired) electrons. The number of carbonyl (C=O) groups excluding carboxylic acids is 1. The molecule has 0 aliphatic heterocycles. The van der Waals surface area contributed by atoms with Gasteiger partial charge in [-0.05, 0) is 25.3 Å². The molecule has 1 aliphatic carbocycles. The standard InChI is InChI=1S/C15H20N2O4/c1-2-8-17-9-10(6-7-13(17)18)16-14(19)11-4-3-5-12(11)15(20)21/h6-7,9,11-12H,2-5,8H2,1H3,(H,16,19)(H,20,21). The number of rotatable bonds is 5. The van der Waals surface area contributed by atoms with Crippen molar-refractivity contribution in [3.63, 3.8) is 0 Å². The third-order valence-electron chi connectivity index (χ3n) is 3.89. The molecule has 1 aromatic rings. The number of carbonyl (C=O) groups is 2. The number of pyridine rings is 1. The van der Waals surface area contributed by atoms with Gasteiger partial charge in [0, 0.05) is 18.8 Å². The quantitative estimate of drug-likeness (QED) is 0.864. The van der Waals surface area contributed by atoms with Gasteiger partial charge in [0.25, 0.3) is 5.56 Å². The van der Waals surface area contributed by atoms with Gasteiger partial charge in [-0.15, -0.1) is 0 Å². The number of nitrogens with zero attached hydrogens (tertiary/aromatic N) is 1. The summed E-state index contributed by atoms with van der Waals surface area (Å²) >= 11 is 0. The maximum absolute atomic E-state index is 12.2. The van der Waals surface area contributed by atoms with Crippen LogP contribution in [-0.4, -0.2) is 21.6 Å². The van der Waals surface area contributed by atoms with E-state index in [0.29, 0.717) is 25.1 Å². The monoisotopic (exact) mass is 292 g/mol. The van der Waals surface area contributed by atoms with Gasteiger partial charge in [-0.1, -0.05) is 13.3 Å². The van der Waals surface area contributed by atoms with Crippen LogP contribution in [0.2, 0.25) is 0 Å². The van der Waals surface area contributed by atoms with E-state index in [0.717, 1.165) is 12.8 Å². The second kappa shape index (κ2) is 6.56. The van der Waals surface area contributed by atoms with Gasteiger partial charge in [-0.25, -0.2) is 0 Å². The van der Waals surface area contributed by atoms with E-state index in [-0.39, 0.29) is 11.5 Å². The summed E-state index contributed by atoms with van der Waals surface area (Å²) in [4.78, 5) is 35.0. The molecule has 1 fully saturated rings. The molecule has 2 atom stereocenters. The van der Waals surface area contributed by atoms with Gasteiger partial charge < -0.3 is 15.0 Å². The highest BCUT2D eigenvalue weighted by Crippen LogP contribution is 2.32. The van der Waals surface area contributed by atoms with Crippen LogP contribution >= 0.6 is 0 Å². The highest BCUT2D eigenvalue weighted by atomic mass is 16.4. The van der Waals surface area contributed by atoms with Gasteiger partial charge in [-0.2, -0.15) is 0 Å². The Hall–Kier alpha value is -2.11. The zero-order chi connectivity index (χ0) is 15.4. The van der Waals surface area contributed by atoms with Crippen LogP contribution in [0.15, 0.2) is 23.1 Å². The minimum absolute atomic E-state index is 0.112. The topological polar surface area (TPSA) is 88.4 Å². The molecular weight excluding hydrogens is 272 g/mol. The van der Waals surface area contributed by atoms with Gasteiger partial charge >= 0.3 is 5.97 Å². The molecule has 6 heteroatoms. The second-order valence-electron chi connectivity index (χ2n) is 5.42. The molecular formula is C15H20N2O4. The number of aromatic nitrogens is 1. The highest BCUT2D eigenvalue weighted by Gasteiger charge is 2.37. The van der Waals surface area contributed by atoms with Gasteiger partial charge in [-0.3, -0.25) is 14.4 Å². The Morgan fingerprint density at radius 1 is 1.33 bits per heavy atom. The van der Waals surface area contributed by atoms with E-state index in [1.54, 1.807) is 16.8 Å². The first-order valence-electron chi connectivity index (χ1n) is 7.27. The first-order valence-corrected chi connectivity index (χ1v) is 7.27. The molecule has 21 heavy (non-hydrogen) atoms. The van der Waals surface area contributed by atoms with E-state index in [4.69, 9.17) is 5.11 Å². The number of anilines is 1. The molecule has 0 spiro atoms. The Kier molecular flexibility index (Phi) is 4.77. The molecule has 114 valence electrons. The lowest BCUT2D eigenvalue weighted by molar-refractivity contribution is -0.145. The van der Waals surface area contributed by atoms with Crippen LogP contribution in [-0.2, 0) is 16.1 Å². The molecule has 0 saturated heterocycles. The van der Waals surface area contributed by atoms with E-state index in [1.807, 2.05) is 6.92 Å². The number of nitrogens with one attached hydrogen (secondary N) is 1. The Labute approximate surface area is 122 Å². The smallest absolute Gasteiger partial charge is 0.307 e. The third-order valence-corrected chi connectivity index (χ3v) is 3.89. The Balaban J connectivity index is 2.11. The summed E-state index contributed by atoms with van der Waals surface area (Å²) in [7, 11) is 0. The maximum atomic E-state index is 12.2. The molecule has 1 saturated carbocycles. The molecule has 1 heterocycles. The van der Waals surface area contributed by atoms with Gasteiger partial charge in [0.15, 0.2) is 0 Å². The lowest BCUT2D eigenvalue weighted by Crippen LogP contribution is -2.30. The molecule has 2 N–H and O–H groups in total. The normalized spacial score (nSPS) is 21.2. The van der Waals surface area contributed by atoms with Crippen LogP contribution in [0, 0.1) is 11.8 Å². The highest BCUT2D eigenvalue weighted by molar-refractivity contribution is 5.95. The summed E-state index contributed by atoms with van der Waals surface area (Å²) in [5.74, 6) is -2.29. The maximum Gasteiger partial charge on any atom is 0.307 e. The van der Waals surface area contributed by atoms with E-state index in [9.17, 15) is 14.4 Å². The number of hydrogen-bond acceptors (Lipinski definition) is 3. The summed E-state index contributed by atoms with van der Waals surface area (Å²) in [6, 6.07) is 2.96. The van der Waals surface area contributed by atoms with Gasteiger partial charge in [0.2, 0.25) is 5.91 Å². The van der Waals surface area contributed by atoms with Crippen molar-refractivity contribution in [1.82, 2.24) is 4.57 Å². The first kappa shape index (κ1) is 15.3. The van der Waals surface area contributed by atoms with E-state index >= 15 is 0 Å². The van der Waals surface area contributed by atoms with Crippen LogP contribution in [0.3, 0.4) is 0 Å². The summed E-state index contributed by atoms with van der Waals surface area (Å²) < 4.78 is 1.54. The number of aliphatic carboxylic acids is 1. The Morgan fingerprint density at radius 2 is 2.05 bits per heavy atom. The summed E-state index contributed by atoms with van der Waals surface area (Å²) in [6.07, 6.45) is 4.32. The predicted octanol–water partition coefficient (Wildman–Crippen LogP) is 1.70. The Bertz CT molecular complexity index is 594. The minimum Gasteiger partial charge on any atom is -0.481 e. The zero-order valence-corrected chi connectivity index (χ0v) is 12.0. The van der Waals surface area contributed by atoms with Crippen molar-refractivity contribution < 1.29 is 14.7 Å². The minimum atomic E-state index is -0.913. The van der Waals surface area contributed by atoms with Crippen molar-refractivity contribution in [3.8, 4) is 0 Å². The van der Waals surface area contributed by atoms with E-state index in [2.05, 4.69) is 5.32 Å². The van der Waals surface area contributed by atoms with Crippen LogP contribution < -0.4 is 10.9 Å². The van der Waals surface area contributed by atoms with Crippen molar-refractivity contribution in [2.45, 2.75) is 39.2 Å². The van der Waals surface area contributed by atoms with Crippen LogP contribution in [0.1, 0.15) is 32.6 Å². The number of amides is 1. The fourth-order valence-electron chi connectivity index (χ4n) is 2.83. The number of carboxylic acid groups (broad SMARTS) is 1. The second-order valence-corrected chi connectivity index (χ2v) is 5.42. The lowest BCUT2D eigenvalue weighted by Gasteiger charge is -2.16. The average molecular weight is 292 g/mol. The largest absolute Gasteiger partial charge is 0.481 e. The third kappa shape index (κ3) is 3.51. The molecule has 1 amide bonds. The fraction of sp³-hybridized carbons (Fsp3) is 0.533. The van der Waals surface area contributed by atoms with Crippen molar-refractivity contribution in [3.05, 3.63) is 28.7 Å². The first-order chi connectivity index (χ1) is 10.0. The molecule has 1 aromatic heterocycles. The fourth-order valence-corrected chi connectivity index (χ4v) is 2.83. The van der Waals surface area contributed by atoms with Crippen LogP contribution in [0.5, 0.6) is 0 Å². The van der Waals surface area contributed by atoms with E-state index in [1.165, 1.54) is 6.07 Å². The number of aryl methyl sites for hydroxylation is 1. The van der Waals surface area contributed by atoms with Gasteiger partial charge in [0.1, 0.15) is 0 Å². The van der Waals surface area contributed by atoms with E-state index < -0.39 is 17.8 Å². The van der Waals surface area contributed by atoms with Crippen molar-refractivity contribution in [2.75, 3.05) is 5.32 Å². The lowest BCUT2D eigenvalue weighted by atomic mass is 9.95. The average Bonchev–Trinajstić information content (AvgIpc) is 2.92. The van der Waals surface area contributed by atoms with Crippen LogP contribution in [0.25, 0.3) is 0 Å². The molecule has 2 rings (SSSR count). The van der Waals surface area contributed by atoms with Crippen molar-refractivity contribution in [2.24, 2.45) is 11.8 Å². The predicted molar refractivity (Wildman–Crippen MR) is 78.1 cm³/mol. The summed E-state index contributed by atoms with van der Waals surface area (Å²) in [6.45, 7) is 2.55. The summed E-state index contributed by atoms with van der Waals surface area (Å²) in [5, 5.41) is 11.9. The SMILES string of the molecule is CCCn1cc(NC(=O)C2CCCC2C(=O)O)ccc1=O. The number of carboxylic acids is 1. The molecule has 1 aliphatic rings. The molecule has 2 unspecified atom stereocenters. The molecule has 0 bridgehead atoms. The zero-order valence-electron chi connectivity index (χ0n) is 12.0. The molecule has 0 aromatic carbocycles. The van der Waals surface area contributed by atoms with Crippen LogP contribution in [0.4, 0.5) is 5.69 Å². The van der Waals surface area contributed by atoms with Gasteiger partial charge in [0.05, 0.1) is 17.5 Å². The van der Waals surface area contributed by atoms with Crippen molar-refractivity contribution >= 4 is 17.6 Å². The Morgan fingerprint density at radius 3 is 2.71 bits per heavy atom. The molecule has 6 nitrogen and oxygen atoms in total.